The number of hydrogen-bond acceptors (Lipinski definition) is 8. The smallest absolute Gasteiger partial charge is 0.259 e. The van der Waals surface area contributed by atoms with Crippen LogP contribution in [0.4, 0.5) is 5.95 Å². The molecule has 0 saturated heterocycles. The van der Waals surface area contributed by atoms with Gasteiger partial charge in [0.15, 0.2) is 5.82 Å². The first kappa shape index (κ1) is 19.3. The Morgan fingerprint density at radius 1 is 0.935 bits per heavy atom. The topological polar surface area (TPSA) is 116 Å². The van der Waals surface area contributed by atoms with Crippen molar-refractivity contribution < 1.29 is 4.52 Å². The van der Waals surface area contributed by atoms with Crippen LogP contribution in [0.1, 0.15) is 49.7 Å². The minimum Gasteiger partial charge on any atom is -0.368 e. The molecule has 4 heterocycles. The van der Waals surface area contributed by atoms with Crippen LogP contribution in [-0.4, -0.2) is 30.1 Å². The van der Waals surface area contributed by atoms with E-state index in [1.165, 1.54) is 0 Å². The minimum absolute atomic E-state index is 0.247. The molecular formula is C23H23N7O. The number of nitrogens with two attached hydrogens (primary N) is 1. The molecule has 1 aliphatic carbocycles. The Hall–Kier alpha value is -3.68. The molecule has 1 aliphatic rings. The van der Waals surface area contributed by atoms with Crippen molar-refractivity contribution in [2.75, 3.05) is 5.73 Å². The molecule has 2 N–H and O–H groups in total. The van der Waals surface area contributed by atoms with Crippen molar-refractivity contribution in [2.45, 2.75) is 44.4 Å². The number of nitrogens with zero attached hydrogens (tertiary/aromatic N) is 6. The molecule has 0 amide bonds. The van der Waals surface area contributed by atoms with E-state index in [0.717, 1.165) is 60.2 Å². The molecule has 4 aromatic heterocycles. The first-order valence-corrected chi connectivity index (χ1v) is 10.5. The Labute approximate surface area is 180 Å². The molecule has 0 radical (unpaired) electrons. The van der Waals surface area contributed by atoms with Crippen LogP contribution in [0.5, 0.6) is 0 Å². The molecule has 5 rings (SSSR count). The third-order valence-corrected chi connectivity index (χ3v) is 5.92. The van der Waals surface area contributed by atoms with Gasteiger partial charge in [-0.3, -0.25) is 9.97 Å². The summed E-state index contributed by atoms with van der Waals surface area (Å²) in [6, 6.07) is 8.07. The number of aromatic nitrogens is 6. The van der Waals surface area contributed by atoms with Gasteiger partial charge < -0.3 is 10.3 Å². The van der Waals surface area contributed by atoms with Crippen molar-refractivity contribution in [3.8, 4) is 22.7 Å². The van der Waals surface area contributed by atoms with E-state index < -0.39 is 0 Å². The maximum Gasteiger partial charge on any atom is 0.259 e. The van der Waals surface area contributed by atoms with Gasteiger partial charge in [-0.05, 0) is 43.0 Å². The SMILES string of the molecule is CCCc1ccc(-c2nc(C3(c4ccc(-c5cnc(N)nc5)nc4)CCC3)no2)cn1. The fourth-order valence-corrected chi connectivity index (χ4v) is 3.98. The predicted octanol–water partition coefficient (Wildman–Crippen LogP) is 3.99. The molecule has 31 heavy (non-hydrogen) atoms. The highest BCUT2D eigenvalue weighted by Crippen LogP contribution is 2.48. The first-order chi connectivity index (χ1) is 15.2. The summed E-state index contributed by atoms with van der Waals surface area (Å²) >= 11 is 0. The van der Waals surface area contributed by atoms with Gasteiger partial charge in [0, 0.05) is 36.0 Å². The van der Waals surface area contributed by atoms with E-state index in [-0.39, 0.29) is 11.4 Å². The monoisotopic (exact) mass is 413 g/mol. The van der Waals surface area contributed by atoms with E-state index in [9.17, 15) is 0 Å². The molecule has 8 nitrogen and oxygen atoms in total. The van der Waals surface area contributed by atoms with Crippen LogP contribution in [0.15, 0.2) is 53.6 Å². The van der Waals surface area contributed by atoms with Crippen LogP contribution < -0.4 is 5.73 Å². The van der Waals surface area contributed by atoms with E-state index in [4.69, 9.17) is 15.2 Å². The lowest BCUT2D eigenvalue weighted by atomic mass is 9.64. The number of pyridine rings is 2. The van der Waals surface area contributed by atoms with E-state index >= 15 is 0 Å². The zero-order valence-corrected chi connectivity index (χ0v) is 17.3. The van der Waals surface area contributed by atoms with Crippen molar-refractivity contribution in [1.82, 2.24) is 30.1 Å². The average Bonchev–Trinajstić information content (AvgIpc) is 3.25. The lowest BCUT2D eigenvalue weighted by Crippen LogP contribution is -2.36. The van der Waals surface area contributed by atoms with Crippen LogP contribution in [0.3, 0.4) is 0 Å². The van der Waals surface area contributed by atoms with Gasteiger partial charge in [0.1, 0.15) is 0 Å². The van der Waals surface area contributed by atoms with Crippen molar-refractivity contribution in [3.63, 3.8) is 0 Å². The van der Waals surface area contributed by atoms with E-state index in [0.29, 0.717) is 11.7 Å². The third-order valence-electron chi connectivity index (χ3n) is 5.92. The standard InChI is InChI=1S/C23H23N7O/c1-2-4-18-7-5-15(11-25-18)20-29-21(30-31-20)23(9-3-10-23)17-6-8-19(26-14-17)16-12-27-22(24)28-13-16/h5-8,11-14H,2-4,9-10H2,1H3,(H2,24,27,28). The van der Waals surface area contributed by atoms with Gasteiger partial charge in [-0.25, -0.2) is 9.97 Å². The normalized spacial score (nSPS) is 14.9. The maximum atomic E-state index is 5.61. The third kappa shape index (κ3) is 3.54. The molecule has 0 unspecified atom stereocenters. The van der Waals surface area contributed by atoms with Crippen LogP contribution >= 0.6 is 0 Å². The molecule has 156 valence electrons. The van der Waals surface area contributed by atoms with Gasteiger partial charge in [-0.1, -0.05) is 31.0 Å². The molecule has 1 saturated carbocycles. The fourth-order valence-electron chi connectivity index (χ4n) is 3.98. The van der Waals surface area contributed by atoms with Crippen LogP contribution in [0.25, 0.3) is 22.7 Å². The fraction of sp³-hybridized carbons (Fsp3) is 0.304. The van der Waals surface area contributed by atoms with Crippen molar-refractivity contribution in [2.24, 2.45) is 0 Å². The van der Waals surface area contributed by atoms with E-state index in [1.807, 2.05) is 24.4 Å². The summed E-state index contributed by atoms with van der Waals surface area (Å²) in [5.74, 6) is 1.45. The van der Waals surface area contributed by atoms with Crippen molar-refractivity contribution in [3.05, 3.63) is 66.1 Å². The summed E-state index contributed by atoms with van der Waals surface area (Å²) in [6.07, 6.45) is 12.1. The van der Waals surface area contributed by atoms with Crippen LogP contribution in [-0.2, 0) is 11.8 Å². The van der Waals surface area contributed by atoms with Crippen molar-refractivity contribution in [1.29, 1.82) is 0 Å². The Morgan fingerprint density at radius 2 is 1.74 bits per heavy atom. The van der Waals surface area contributed by atoms with Gasteiger partial charge in [-0.2, -0.15) is 4.98 Å². The van der Waals surface area contributed by atoms with Gasteiger partial charge in [0.2, 0.25) is 5.95 Å². The molecule has 8 heteroatoms. The second-order valence-electron chi connectivity index (χ2n) is 7.91. The molecule has 4 aromatic rings. The molecule has 0 spiro atoms. The average molecular weight is 413 g/mol. The molecule has 0 atom stereocenters. The number of hydrogen-bond donors (Lipinski definition) is 1. The number of anilines is 1. The Kier molecular flexibility index (Phi) is 4.89. The zero-order valence-electron chi connectivity index (χ0n) is 17.3. The maximum absolute atomic E-state index is 5.61. The molecule has 0 aromatic carbocycles. The number of aryl methyl sites for hydroxylation is 1. The van der Waals surface area contributed by atoms with Gasteiger partial charge in [0.05, 0.1) is 16.7 Å². The highest BCUT2D eigenvalue weighted by Gasteiger charge is 2.44. The molecule has 1 fully saturated rings. The molecule has 0 bridgehead atoms. The summed E-state index contributed by atoms with van der Waals surface area (Å²) in [7, 11) is 0. The minimum atomic E-state index is -0.263. The highest BCUT2D eigenvalue weighted by molar-refractivity contribution is 5.58. The number of rotatable bonds is 6. The van der Waals surface area contributed by atoms with Gasteiger partial charge in [0.25, 0.3) is 5.89 Å². The summed E-state index contributed by atoms with van der Waals surface area (Å²) in [4.78, 5) is 21.9. The van der Waals surface area contributed by atoms with E-state index in [2.05, 4.69) is 38.1 Å². The quantitative estimate of drug-likeness (QED) is 0.504. The van der Waals surface area contributed by atoms with Crippen LogP contribution in [0, 0.1) is 0 Å². The Bertz CT molecular complexity index is 1160. The molecule has 0 aliphatic heterocycles. The highest BCUT2D eigenvalue weighted by atomic mass is 16.5. The van der Waals surface area contributed by atoms with Gasteiger partial charge >= 0.3 is 0 Å². The second kappa shape index (κ2) is 7.86. The number of nitrogen functional groups attached to an aromatic ring is 1. The first-order valence-electron chi connectivity index (χ1n) is 10.5. The predicted molar refractivity (Wildman–Crippen MR) is 116 cm³/mol. The lowest BCUT2D eigenvalue weighted by Gasteiger charge is -2.39. The summed E-state index contributed by atoms with van der Waals surface area (Å²) in [5, 5.41) is 4.34. The zero-order chi connectivity index (χ0) is 21.3. The summed E-state index contributed by atoms with van der Waals surface area (Å²) in [5.41, 5.74) is 9.92. The molecular weight excluding hydrogens is 390 g/mol. The largest absolute Gasteiger partial charge is 0.368 e. The van der Waals surface area contributed by atoms with Gasteiger partial charge in [-0.15, -0.1) is 0 Å². The van der Waals surface area contributed by atoms with E-state index in [1.54, 1.807) is 18.6 Å². The Morgan fingerprint density at radius 3 is 2.35 bits per heavy atom. The van der Waals surface area contributed by atoms with Crippen molar-refractivity contribution >= 4 is 5.95 Å². The lowest BCUT2D eigenvalue weighted by molar-refractivity contribution is 0.272. The summed E-state index contributed by atoms with van der Waals surface area (Å²) in [6.45, 7) is 2.14. The Balaban J connectivity index is 1.42. The second-order valence-corrected chi connectivity index (χ2v) is 7.91. The summed E-state index contributed by atoms with van der Waals surface area (Å²) < 4.78 is 5.61. The van der Waals surface area contributed by atoms with Crippen LogP contribution in [0.2, 0.25) is 0 Å².